The van der Waals surface area contributed by atoms with Gasteiger partial charge in [-0.2, -0.15) is 0 Å². The van der Waals surface area contributed by atoms with Gasteiger partial charge in [-0.05, 0) is 19.1 Å². The molecule has 0 saturated heterocycles. The van der Waals surface area contributed by atoms with Gasteiger partial charge in [0.2, 0.25) is 0 Å². The number of hydrogen-bond acceptors (Lipinski definition) is 5. The van der Waals surface area contributed by atoms with Crippen LogP contribution in [0.15, 0.2) is 23.7 Å². The summed E-state index contributed by atoms with van der Waals surface area (Å²) >= 11 is 0. The van der Waals surface area contributed by atoms with Crippen molar-refractivity contribution in [2.75, 3.05) is 6.67 Å². The van der Waals surface area contributed by atoms with E-state index < -0.39 is 0 Å². The summed E-state index contributed by atoms with van der Waals surface area (Å²) in [6.07, 6.45) is 3.13. The van der Waals surface area contributed by atoms with E-state index in [1.54, 1.807) is 19.1 Å². The molecule has 1 atom stereocenters. The summed E-state index contributed by atoms with van der Waals surface area (Å²) in [7, 11) is 0. The third kappa shape index (κ3) is 2.79. The lowest BCUT2D eigenvalue weighted by molar-refractivity contribution is 0.335. The number of nitrogens with one attached hydrogen (secondary N) is 3. The highest BCUT2D eigenvalue weighted by molar-refractivity contribution is 5.90. The molecule has 5 heteroatoms. The molecule has 1 aliphatic heterocycles. The molecule has 0 aromatic rings. The quantitative estimate of drug-likeness (QED) is 0.382. The molecule has 1 aliphatic rings. The van der Waals surface area contributed by atoms with Crippen LogP contribution in [0.4, 0.5) is 0 Å². The standard InChI is InChI=1S/C8H14N4O/c1-5(9)2-6(10)7-3-8(13)12-4-11-7/h2-3,7,9,11-13H,4,10H2,1H3/b6-2-,9-5?. The zero-order valence-corrected chi connectivity index (χ0v) is 7.46. The largest absolute Gasteiger partial charge is 0.495 e. The molecule has 6 N–H and O–H groups in total. The van der Waals surface area contributed by atoms with E-state index in [-0.39, 0.29) is 11.9 Å². The lowest BCUT2D eigenvalue weighted by Gasteiger charge is -2.21. The molecule has 1 unspecified atom stereocenters. The van der Waals surface area contributed by atoms with Crippen molar-refractivity contribution < 1.29 is 5.11 Å². The molecule has 0 aromatic carbocycles. The maximum atomic E-state index is 9.14. The van der Waals surface area contributed by atoms with E-state index in [4.69, 9.17) is 16.2 Å². The summed E-state index contributed by atoms with van der Waals surface area (Å²) in [4.78, 5) is 0. The maximum absolute atomic E-state index is 9.14. The van der Waals surface area contributed by atoms with E-state index >= 15 is 0 Å². The summed E-state index contributed by atoms with van der Waals surface area (Å²) < 4.78 is 0. The third-order valence-electron chi connectivity index (χ3n) is 1.66. The highest BCUT2D eigenvalue weighted by atomic mass is 16.3. The van der Waals surface area contributed by atoms with Gasteiger partial charge in [0.25, 0.3) is 0 Å². The Morgan fingerprint density at radius 2 is 2.54 bits per heavy atom. The van der Waals surface area contributed by atoms with Gasteiger partial charge in [-0.15, -0.1) is 0 Å². The van der Waals surface area contributed by atoms with Crippen molar-refractivity contribution >= 4 is 5.71 Å². The van der Waals surface area contributed by atoms with Crippen LogP contribution in [-0.2, 0) is 0 Å². The SMILES string of the molecule is CC(=N)/C=C(\N)C1C=C(O)NCN1. The van der Waals surface area contributed by atoms with Gasteiger partial charge in [0.1, 0.15) is 0 Å². The van der Waals surface area contributed by atoms with Crippen LogP contribution in [0, 0.1) is 5.41 Å². The van der Waals surface area contributed by atoms with Gasteiger partial charge in [0.05, 0.1) is 12.7 Å². The summed E-state index contributed by atoms with van der Waals surface area (Å²) in [5, 5.41) is 22.1. The second kappa shape index (κ2) is 3.95. The number of hydrogen-bond donors (Lipinski definition) is 5. The minimum absolute atomic E-state index is 0.114. The monoisotopic (exact) mass is 182 g/mol. The Balaban J connectivity index is 2.71. The second-order valence-corrected chi connectivity index (χ2v) is 2.91. The number of allylic oxidation sites excluding steroid dienone is 1. The van der Waals surface area contributed by atoms with Crippen molar-refractivity contribution in [2.45, 2.75) is 13.0 Å². The molecule has 72 valence electrons. The van der Waals surface area contributed by atoms with Gasteiger partial charge in [0.15, 0.2) is 5.88 Å². The summed E-state index contributed by atoms with van der Waals surface area (Å²) in [5.41, 5.74) is 6.61. The second-order valence-electron chi connectivity index (χ2n) is 2.91. The topological polar surface area (TPSA) is 94.2 Å². The molecule has 1 rings (SSSR count). The van der Waals surface area contributed by atoms with E-state index in [2.05, 4.69) is 10.6 Å². The molecule has 0 radical (unpaired) electrons. The molecule has 0 bridgehead atoms. The molecule has 0 saturated carbocycles. The number of nitrogens with two attached hydrogens (primary N) is 1. The highest BCUT2D eigenvalue weighted by Gasteiger charge is 2.13. The summed E-state index contributed by atoms with van der Waals surface area (Å²) in [6.45, 7) is 2.12. The number of aliphatic hydroxyl groups is 1. The van der Waals surface area contributed by atoms with Crippen molar-refractivity contribution in [3.8, 4) is 0 Å². The zero-order chi connectivity index (χ0) is 9.84. The fourth-order valence-electron chi connectivity index (χ4n) is 1.08. The van der Waals surface area contributed by atoms with E-state index in [0.29, 0.717) is 18.1 Å². The lowest BCUT2D eigenvalue weighted by Crippen LogP contribution is -2.43. The van der Waals surface area contributed by atoms with Gasteiger partial charge in [-0.1, -0.05) is 0 Å². The first-order valence-electron chi connectivity index (χ1n) is 4.00. The molecule has 0 aromatic heterocycles. The average Bonchev–Trinajstić information content (AvgIpc) is 2.03. The minimum Gasteiger partial charge on any atom is -0.495 e. The Morgan fingerprint density at radius 3 is 3.08 bits per heavy atom. The predicted molar refractivity (Wildman–Crippen MR) is 51.3 cm³/mol. The van der Waals surface area contributed by atoms with Gasteiger partial charge in [0, 0.05) is 11.4 Å². The summed E-state index contributed by atoms with van der Waals surface area (Å²) in [6, 6.07) is -0.193. The maximum Gasteiger partial charge on any atom is 0.182 e. The normalized spacial score (nSPS) is 23.3. The summed E-state index contributed by atoms with van der Waals surface area (Å²) in [5.74, 6) is 0.114. The Kier molecular flexibility index (Phi) is 2.92. The van der Waals surface area contributed by atoms with Crippen LogP contribution in [0.1, 0.15) is 6.92 Å². The highest BCUT2D eigenvalue weighted by Crippen LogP contribution is 2.02. The van der Waals surface area contributed by atoms with Crippen LogP contribution in [0.5, 0.6) is 0 Å². The first-order chi connectivity index (χ1) is 6.09. The van der Waals surface area contributed by atoms with Crippen LogP contribution >= 0.6 is 0 Å². The fraction of sp³-hybridized carbons (Fsp3) is 0.375. The zero-order valence-electron chi connectivity index (χ0n) is 7.46. The van der Waals surface area contributed by atoms with Crippen molar-refractivity contribution in [1.82, 2.24) is 10.6 Å². The van der Waals surface area contributed by atoms with E-state index in [1.165, 1.54) is 0 Å². The molecule has 0 fully saturated rings. The van der Waals surface area contributed by atoms with E-state index in [1.807, 2.05) is 0 Å². The molecule has 13 heavy (non-hydrogen) atoms. The lowest BCUT2D eigenvalue weighted by atomic mass is 10.1. The molecule has 0 aliphatic carbocycles. The first kappa shape index (κ1) is 9.60. The smallest absolute Gasteiger partial charge is 0.182 e. The van der Waals surface area contributed by atoms with Crippen LogP contribution in [0.25, 0.3) is 0 Å². The Hall–Kier alpha value is -1.49. The Morgan fingerprint density at radius 1 is 1.85 bits per heavy atom. The van der Waals surface area contributed by atoms with Crippen LogP contribution in [0.3, 0.4) is 0 Å². The third-order valence-corrected chi connectivity index (χ3v) is 1.66. The minimum atomic E-state index is -0.193. The van der Waals surface area contributed by atoms with Crippen LogP contribution in [-0.4, -0.2) is 23.5 Å². The fourth-order valence-corrected chi connectivity index (χ4v) is 1.08. The molecular weight excluding hydrogens is 168 g/mol. The Bertz CT molecular complexity index is 269. The van der Waals surface area contributed by atoms with Gasteiger partial charge in [-0.25, -0.2) is 0 Å². The Labute approximate surface area is 76.8 Å². The van der Waals surface area contributed by atoms with Crippen LogP contribution < -0.4 is 16.4 Å². The van der Waals surface area contributed by atoms with Gasteiger partial charge >= 0.3 is 0 Å². The van der Waals surface area contributed by atoms with E-state index in [0.717, 1.165) is 0 Å². The van der Waals surface area contributed by atoms with Gasteiger partial charge in [-0.3, -0.25) is 5.32 Å². The molecule has 5 nitrogen and oxygen atoms in total. The van der Waals surface area contributed by atoms with Crippen molar-refractivity contribution in [3.63, 3.8) is 0 Å². The first-order valence-corrected chi connectivity index (χ1v) is 4.00. The van der Waals surface area contributed by atoms with Crippen molar-refractivity contribution in [3.05, 3.63) is 23.7 Å². The number of aliphatic hydroxyl groups excluding tert-OH is 1. The predicted octanol–water partition coefficient (Wildman–Crippen LogP) is -0.213. The molecule has 0 spiro atoms. The molecule has 1 heterocycles. The average molecular weight is 182 g/mol. The van der Waals surface area contributed by atoms with E-state index in [9.17, 15) is 0 Å². The number of rotatable bonds is 2. The van der Waals surface area contributed by atoms with Crippen molar-refractivity contribution in [1.29, 1.82) is 5.41 Å². The van der Waals surface area contributed by atoms with Crippen molar-refractivity contribution in [2.24, 2.45) is 5.73 Å². The van der Waals surface area contributed by atoms with Gasteiger partial charge < -0.3 is 21.6 Å². The van der Waals surface area contributed by atoms with Crippen LogP contribution in [0.2, 0.25) is 0 Å². The molecule has 0 amide bonds. The molecular formula is C8H14N4O.